The lowest BCUT2D eigenvalue weighted by Gasteiger charge is -2.33. The Bertz CT molecular complexity index is 252. The van der Waals surface area contributed by atoms with E-state index in [1.165, 1.54) is 32.1 Å². The molecule has 2 nitrogen and oxygen atoms in total. The van der Waals surface area contributed by atoms with Crippen molar-refractivity contribution < 1.29 is 0 Å². The highest BCUT2D eigenvalue weighted by atomic mass is 32.1. The van der Waals surface area contributed by atoms with Crippen LogP contribution in [0.1, 0.15) is 45.4 Å². The van der Waals surface area contributed by atoms with Crippen molar-refractivity contribution in [1.82, 2.24) is 0 Å². The maximum atomic E-state index is 5.93. The van der Waals surface area contributed by atoms with Gasteiger partial charge in [-0.15, -0.1) is 0 Å². The molecule has 0 aromatic carbocycles. The molecule has 15 heavy (non-hydrogen) atoms. The van der Waals surface area contributed by atoms with E-state index in [2.05, 4.69) is 11.9 Å². The van der Waals surface area contributed by atoms with E-state index in [9.17, 15) is 0 Å². The summed E-state index contributed by atoms with van der Waals surface area (Å²) in [6, 6.07) is 0.398. The van der Waals surface area contributed by atoms with Gasteiger partial charge in [0, 0.05) is 11.7 Å². The van der Waals surface area contributed by atoms with Crippen molar-refractivity contribution in [1.29, 1.82) is 0 Å². The fourth-order valence-corrected chi connectivity index (χ4v) is 3.71. The molecule has 2 N–H and O–H groups in total. The quantitative estimate of drug-likeness (QED) is 0.698. The first kappa shape index (κ1) is 11.3. The van der Waals surface area contributed by atoms with Gasteiger partial charge in [-0.1, -0.05) is 19.8 Å². The number of rotatable bonds is 2. The van der Waals surface area contributed by atoms with Gasteiger partial charge in [0.1, 0.15) is 0 Å². The fraction of sp³-hybridized carbons (Fsp3) is 0.917. The smallest absolute Gasteiger partial charge is 0.0944 e. The Balaban J connectivity index is 2.18. The lowest BCUT2D eigenvalue weighted by atomic mass is 9.85. The lowest BCUT2D eigenvalue weighted by Crippen LogP contribution is -2.39. The van der Waals surface area contributed by atoms with E-state index in [0.717, 1.165) is 18.2 Å². The van der Waals surface area contributed by atoms with Crippen molar-refractivity contribution >= 4 is 18.5 Å². The van der Waals surface area contributed by atoms with Crippen LogP contribution in [0.25, 0.3) is 0 Å². The summed E-state index contributed by atoms with van der Waals surface area (Å²) < 4.78 is 0. The van der Waals surface area contributed by atoms with Crippen molar-refractivity contribution in [3.63, 3.8) is 0 Å². The first-order valence-electron chi connectivity index (χ1n) is 6.22. The minimum absolute atomic E-state index is 0.398. The third kappa shape index (κ3) is 2.32. The zero-order valence-corrected chi connectivity index (χ0v) is 10.4. The highest BCUT2D eigenvalue weighted by Crippen LogP contribution is 2.39. The Kier molecular flexibility index (Phi) is 3.60. The molecule has 0 amide bonds. The van der Waals surface area contributed by atoms with Gasteiger partial charge in [-0.05, 0) is 31.1 Å². The molecule has 0 aromatic rings. The lowest BCUT2D eigenvalue weighted by molar-refractivity contribution is 0.351. The number of aliphatic imine (C=N–C) groups is 1. The topological polar surface area (TPSA) is 38.4 Å². The molecule has 1 saturated carbocycles. The minimum atomic E-state index is 0.398. The maximum absolute atomic E-state index is 5.93. The van der Waals surface area contributed by atoms with E-state index in [-0.39, 0.29) is 0 Å². The summed E-state index contributed by atoms with van der Waals surface area (Å²) in [4.78, 5) is 4.66. The third-order valence-corrected chi connectivity index (χ3v) is 4.64. The summed E-state index contributed by atoms with van der Waals surface area (Å²) in [7, 11) is 0. The summed E-state index contributed by atoms with van der Waals surface area (Å²) in [5, 5.41) is 0.455. The van der Waals surface area contributed by atoms with Gasteiger partial charge in [-0.2, -0.15) is 12.6 Å². The largest absolute Gasteiger partial charge is 0.387 e. The van der Waals surface area contributed by atoms with Crippen LogP contribution in [0.15, 0.2) is 4.99 Å². The van der Waals surface area contributed by atoms with Gasteiger partial charge in [-0.25, -0.2) is 0 Å². The van der Waals surface area contributed by atoms with Crippen LogP contribution in [0, 0.1) is 11.8 Å². The SMILES string of the molecule is CCCC1CCCC2CC(N)=NC1C2S. The number of thiol groups is 1. The van der Waals surface area contributed by atoms with Crippen molar-refractivity contribution in [2.75, 3.05) is 0 Å². The zero-order valence-electron chi connectivity index (χ0n) is 9.52. The first-order chi connectivity index (χ1) is 7.22. The molecule has 1 heterocycles. The number of fused-ring (bicyclic) bond motifs is 2. The minimum Gasteiger partial charge on any atom is -0.387 e. The molecule has 2 bridgehead atoms. The highest BCUT2D eigenvalue weighted by molar-refractivity contribution is 7.81. The number of amidine groups is 1. The van der Waals surface area contributed by atoms with E-state index in [4.69, 9.17) is 18.4 Å². The van der Waals surface area contributed by atoms with Crippen molar-refractivity contribution in [2.24, 2.45) is 22.6 Å². The van der Waals surface area contributed by atoms with E-state index in [0.29, 0.717) is 17.2 Å². The van der Waals surface area contributed by atoms with Gasteiger partial charge in [0.05, 0.1) is 11.9 Å². The normalized spacial score (nSPS) is 40.8. The molecule has 0 saturated heterocycles. The molecule has 1 aliphatic heterocycles. The van der Waals surface area contributed by atoms with Gasteiger partial charge < -0.3 is 5.73 Å². The van der Waals surface area contributed by atoms with E-state index in [1.54, 1.807) is 0 Å². The summed E-state index contributed by atoms with van der Waals surface area (Å²) in [5.74, 6) is 2.28. The molecule has 2 aliphatic rings. The molecule has 4 unspecified atom stereocenters. The fourth-order valence-electron chi connectivity index (χ4n) is 3.14. The van der Waals surface area contributed by atoms with Crippen LogP contribution in [0.4, 0.5) is 0 Å². The summed E-state index contributed by atoms with van der Waals surface area (Å²) in [6.07, 6.45) is 7.46. The molecule has 86 valence electrons. The molecule has 0 aromatic heterocycles. The molecular formula is C12H22N2S. The number of hydrogen-bond acceptors (Lipinski definition) is 3. The third-order valence-electron chi connectivity index (χ3n) is 3.91. The molecule has 0 spiro atoms. The number of hydrogen-bond donors (Lipinski definition) is 2. The first-order valence-corrected chi connectivity index (χ1v) is 6.74. The average Bonchev–Trinajstić information content (AvgIpc) is 2.31. The second kappa shape index (κ2) is 4.77. The Morgan fingerprint density at radius 2 is 2.27 bits per heavy atom. The van der Waals surface area contributed by atoms with Gasteiger partial charge in [-0.3, -0.25) is 4.99 Å². The zero-order chi connectivity index (χ0) is 10.8. The van der Waals surface area contributed by atoms with Gasteiger partial charge in [0.25, 0.3) is 0 Å². The van der Waals surface area contributed by atoms with E-state index in [1.807, 2.05) is 0 Å². The predicted molar refractivity (Wildman–Crippen MR) is 68.5 cm³/mol. The van der Waals surface area contributed by atoms with Crippen LogP contribution in [-0.2, 0) is 0 Å². The number of nitrogens with two attached hydrogens (primary N) is 1. The van der Waals surface area contributed by atoms with E-state index < -0.39 is 0 Å². The van der Waals surface area contributed by atoms with Crippen LogP contribution in [-0.4, -0.2) is 17.1 Å². The Morgan fingerprint density at radius 3 is 3.00 bits per heavy atom. The Morgan fingerprint density at radius 1 is 1.47 bits per heavy atom. The molecule has 3 heteroatoms. The van der Waals surface area contributed by atoms with Gasteiger partial charge in [0.15, 0.2) is 0 Å². The molecule has 2 rings (SSSR count). The summed E-state index contributed by atoms with van der Waals surface area (Å²) in [6.45, 7) is 2.26. The molecular weight excluding hydrogens is 204 g/mol. The average molecular weight is 226 g/mol. The molecule has 0 radical (unpaired) electrons. The second-order valence-corrected chi connectivity index (χ2v) is 5.64. The molecule has 1 aliphatic carbocycles. The van der Waals surface area contributed by atoms with Crippen molar-refractivity contribution in [2.45, 2.75) is 56.7 Å². The second-order valence-electron chi connectivity index (χ2n) is 5.05. The Hall–Kier alpha value is -0.180. The predicted octanol–water partition coefficient (Wildman–Crippen LogP) is 2.63. The Labute approximate surface area is 98.1 Å². The van der Waals surface area contributed by atoms with Gasteiger partial charge in [0.2, 0.25) is 0 Å². The van der Waals surface area contributed by atoms with Crippen LogP contribution in [0.2, 0.25) is 0 Å². The van der Waals surface area contributed by atoms with E-state index >= 15 is 0 Å². The van der Waals surface area contributed by atoms with Crippen LogP contribution < -0.4 is 5.73 Å². The number of nitrogens with zero attached hydrogens (tertiary/aromatic N) is 1. The maximum Gasteiger partial charge on any atom is 0.0944 e. The molecule has 1 fully saturated rings. The van der Waals surface area contributed by atoms with Crippen LogP contribution in [0.3, 0.4) is 0 Å². The van der Waals surface area contributed by atoms with Crippen LogP contribution >= 0.6 is 12.6 Å². The molecule has 4 atom stereocenters. The monoisotopic (exact) mass is 226 g/mol. The summed E-state index contributed by atoms with van der Waals surface area (Å²) in [5.41, 5.74) is 5.93. The van der Waals surface area contributed by atoms with Crippen molar-refractivity contribution in [3.05, 3.63) is 0 Å². The summed E-state index contributed by atoms with van der Waals surface area (Å²) >= 11 is 4.78. The van der Waals surface area contributed by atoms with Crippen molar-refractivity contribution in [3.8, 4) is 0 Å². The highest BCUT2D eigenvalue weighted by Gasteiger charge is 2.37. The standard InChI is InChI=1S/C12H22N2S/c1-2-4-8-5-3-6-9-7-10(13)14-11(8)12(9)15/h8-9,11-12,15H,2-7H2,1H3,(H2,13,14). The van der Waals surface area contributed by atoms with Gasteiger partial charge >= 0.3 is 0 Å². The van der Waals surface area contributed by atoms with Crippen LogP contribution in [0.5, 0.6) is 0 Å².